The number of nitrogens with zero attached hydrogens (tertiary/aromatic N) is 2. The number of alkyl halides is 6. The van der Waals surface area contributed by atoms with E-state index in [1.54, 1.807) is 29.7 Å². The number of hydroxylamine groups is 1. The number of hydrogen-bond acceptors (Lipinski definition) is 8. The molecule has 1 fully saturated rings. The van der Waals surface area contributed by atoms with Crippen LogP contribution in [0, 0.1) is 12.8 Å². The second-order valence-electron chi connectivity index (χ2n) is 10.8. The van der Waals surface area contributed by atoms with Crippen LogP contribution in [0.4, 0.5) is 26.3 Å². The molecule has 1 aromatic heterocycles. The summed E-state index contributed by atoms with van der Waals surface area (Å²) in [4.78, 5) is 49.7. The molecule has 1 aliphatic heterocycles. The zero-order valence-corrected chi connectivity index (χ0v) is 26.6. The fraction of sp³-hybridized carbons (Fsp3) is 0.344. The van der Waals surface area contributed by atoms with Crippen molar-refractivity contribution in [1.82, 2.24) is 20.7 Å². The number of pyridine rings is 1. The van der Waals surface area contributed by atoms with Crippen molar-refractivity contribution in [1.29, 1.82) is 0 Å². The van der Waals surface area contributed by atoms with Crippen LogP contribution in [0.5, 0.6) is 5.75 Å². The van der Waals surface area contributed by atoms with E-state index in [-0.39, 0.29) is 11.9 Å². The lowest BCUT2D eigenvalue weighted by atomic mass is 9.89. The Morgan fingerprint density at radius 1 is 1.02 bits per heavy atom. The zero-order chi connectivity index (χ0) is 37.8. The number of halogens is 6. The van der Waals surface area contributed by atoms with E-state index in [2.05, 4.69) is 21.8 Å². The molecule has 0 spiro atoms. The number of likely N-dealkylation sites (tertiary alicyclic amines) is 1. The largest absolute Gasteiger partial charge is 0.490 e. The molecule has 18 heteroatoms. The van der Waals surface area contributed by atoms with E-state index in [4.69, 9.17) is 29.7 Å². The quantitative estimate of drug-likeness (QED) is 0.0934. The molecule has 272 valence electrons. The maximum Gasteiger partial charge on any atom is 0.490 e. The van der Waals surface area contributed by atoms with Gasteiger partial charge in [0.1, 0.15) is 12.4 Å². The number of aryl methyl sites for hydroxylation is 1. The number of aliphatic carboxylic acids is 2. The first-order valence-electron chi connectivity index (χ1n) is 14.6. The monoisotopic (exact) mass is 716 g/mol. The van der Waals surface area contributed by atoms with E-state index in [0.717, 1.165) is 22.2 Å². The lowest BCUT2D eigenvalue weighted by Crippen LogP contribution is -2.57. The van der Waals surface area contributed by atoms with E-state index < -0.39 is 42.2 Å². The summed E-state index contributed by atoms with van der Waals surface area (Å²) in [5, 5.41) is 27.4. The van der Waals surface area contributed by atoms with E-state index in [0.29, 0.717) is 37.4 Å². The highest BCUT2D eigenvalue weighted by molar-refractivity contribution is 5.95. The van der Waals surface area contributed by atoms with Gasteiger partial charge in [-0.15, -0.1) is 6.58 Å². The van der Waals surface area contributed by atoms with E-state index >= 15 is 0 Å². The summed E-state index contributed by atoms with van der Waals surface area (Å²) in [5.74, 6) is -6.17. The minimum absolute atomic E-state index is 0.111. The Kier molecular flexibility index (Phi) is 14.7. The van der Waals surface area contributed by atoms with Crippen LogP contribution in [0.1, 0.15) is 35.0 Å². The van der Waals surface area contributed by atoms with Gasteiger partial charge >= 0.3 is 24.3 Å². The molecule has 50 heavy (non-hydrogen) atoms. The van der Waals surface area contributed by atoms with Gasteiger partial charge in [-0.2, -0.15) is 26.3 Å². The van der Waals surface area contributed by atoms with Crippen molar-refractivity contribution < 1.29 is 65.7 Å². The summed E-state index contributed by atoms with van der Waals surface area (Å²) in [6.45, 7) is 9.36. The average Bonchev–Trinajstić information content (AvgIpc) is 3.06. The van der Waals surface area contributed by atoms with Gasteiger partial charge in [-0.25, -0.2) is 15.1 Å². The first kappa shape index (κ1) is 40.9. The third-order valence-electron chi connectivity index (χ3n) is 7.25. The lowest BCUT2D eigenvalue weighted by Gasteiger charge is -2.39. The Hall–Kier alpha value is -5.23. The van der Waals surface area contributed by atoms with E-state index in [9.17, 15) is 35.9 Å². The van der Waals surface area contributed by atoms with Crippen LogP contribution >= 0.6 is 0 Å². The van der Waals surface area contributed by atoms with Gasteiger partial charge < -0.3 is 20.3 Å². The van der Waals surface area contributed by atoms with Gasteiger partial charge in [0.25, 0.3) is 5.91 Å². The predicted molar refractivity (Wildman–Crippen MR) is 165 cm³/mol. The number of carbonyl (C=O) groups excluding carboxylic acids is 2. The van der Waals surface area contributed by atoms with Gasteiger partial charge in [0.2, 0.25) is 5.91 Å². The van der Waals surface area contributed by atoms with Crippen molar-refractivity contribution in [3.8, 4) is 5.75 Å². The summed E-state index contributed by atoms with van der Waals surface area (Å²) < 4.78 is 69.5. The number of carbonyl (C=O) groups is 4. The van der Waals surface area contributed by atoms with Crippen molar-refractivity contribution in [3.05, 3.63) is 84.1 Å². The first-order valence-corrected chi connectivity index (χ1v) is 14.6. The molecule has 0 bridgehead atoms. The molecule has 1 aliphatic rings. The molecule has 0 aliphatic carbocycles. The normalized spacial score (nSPS) is 16.7. The number of carboxylic acids is 2. The van der Waals surface area contributed by atoms with Crippen molar-refractivity contribution in [2.24, 2.45) is 5.92 Å². The molecule has 3 atom stereocenters. The highest BCUT2D eigenvalue weighted by Gasteiger charge is 2.39. The van der Waals surface area contributed by atoms with Gasteiger partial charge in [-0.05, 0) is 63.2 Å². The lowest BCUT2D eigenvalue weighted by molar-refractivity contribution is -0.193. The molecular formula is C32H34F6N4O8. The molecule has 2 amide bonds. The number of rotatable bonds is 8. The topological polar surface area (TPSA) is 178 Å². The second-order valence-corrected chi connectivity index (χ2v) is 10.8. The highest BCUT2D eigenvalue weighted by Crippen LogP contribution is 2.23. The molecule has 2 aromatic carbocycles. The van der Waals surface area contributed by atoms with Crippen molar-refractivity contribution in [2.75, 3.05) is 13.1 Å². The molecule has 0 saturated carbocycles. The van der Waals surface area contributed by atoms with Gasteiger partial charge in [-0.1, -0.05) is 24.3 Å². The molecular weight excluding hydrogens is 682 g/mol. The van der Waals surface area contributed by atoms with E-state index in [1.807, 2.05) is 50.3 Å². The van der Waals surface area contributed by atoms with Crippen molar-refractivity contribution >= 4 is 34.7 Å². The SMILES string of the molecule is C=CC(C)N1CC[C@H](C(=O)NO)[C@H](NC(=O)c2ccc(OCc3cc(C)nc4ccccc34)cc2)C1.O=C(O)C(F)(F)F.O=C(O)C(F)(F)F. The van der Waals surface area contributed by atoms with Crippen LogP contribution in [0.25, 0.3) is 10.9 Å². The molecule has 3 aromatic rings. The molecule has 0 radical (unpaired) electrons. The Bertz CT molecular complexity index is 1630. The number of fused-ring (bicyclic) bond motifs is 1. The zero-order valence-electron chi connectivity index (χ0n) is 26.6. The third-order valence-corrected chi connectivity index (χ3v) is 7.25. The first-order chi connectivity index (χ1) is 23.3. The summed E-state index contributed by atoms with van der Waals surface area (Å²) in [5.41, 5.74) is 5.10. The van der Waals surface area contributed by atoms with Crippen LogP contribution < -0.4 is 15.5 Å². The van der Waals surface area contributed by atoms with Crippen LogP contribution in [0.15, 0.2) is 67.3 Å². The van der Waals surface area contributed by atoms with Crippen LogP contribution in [-0.4, -0.2) is 86.6 Å². The molecule has 12 nitrogen and oxygen atoms in total. The number of hydrogen-bond donors (Lipinski definition) is 5. The van der Waals surface area contributed by atoms with Crippen LogP contribution in [-0.2, 0) is 21.0 Å². The standard InChI is InChI=1S/C28H32N4O4.2C2HF3O2/c1-4-19(3)32-14-13-24(28(34)31-35)26(16-32)30-27(33)20-9-11-22(12-10-20)36-17-21-15-18(2)29-25-8-6-5-7-23(21)25;2*3-2(4,5)1(6)7/h4-12,15,19,24,26,35H,1,13-14,16-17H2,2-3H3,(H,30,33)(H,31,34);2*(H,6,7)/t19?,24-,26+;;/m0../s1. The summed E-state index contributed by atoms with van der Waals surface area (Å²) in [7, 11) is 0. The smallest absolute Gasteiger partial charge is 0.489 e. The average molecular weight is 717 g/mol. The number of piperidine rings is 1. The fourth-order valence-corrected chi connectivity index (χ4v) is 4.67. The minimum atomic E-state index is -5.08. The number of para-hydroxylation sites is 1. The Morgan fingerprint density at radius 2 is 1.58 bits per heavy atom. The second kappa shape index (κ2) is 18.0. The maximum atomic E-state index is 13.0. The summed E-state index contributed by atoms with van der Waals surface area (Å²) >= 11 is 0. The number of carboxylic acid groups (broad SMARTS) is 2. The molecule has 4 rings (SSSR count). The number of benzene rings is 2. The van der Waals surface area contributed by atoms with Gasteiger partial charge in [0, 0.05) is 34.8 Å². The summed E-state index contributed by atoms with van der Waals surface area (Å²) in [6, 6.07) is 16.6. The van der Waals surface area contributed by atoms with Crippen molar-refractivity contribution in [2.45, 2.75) is 51.3 Å². The number of aromatic nitrogens is 1. The minimum Gasteiger partial charge on any atom is -0.489 e. The van der Waals surface area contributed by atoms with Crippen LogP contribution in [0.3, 0.4) is 0 Å². The van der Waals surface area contributed by atoms with Gasteiger partial charge in [-0.3, -0.25) is 24.7 Å². The summed E-state index contributed by atoms with van der Waals surface area (Å²) in [6.07, 6.45) is -7.81. The fourth-order valence-electron chi connectivity index (χ4n) is 4.67. The Morgan fingerprint density at radius 3 is 2.10 bits per heavy atom. The third kappa shape index (κ3) is 12.3. The Balaban J connectivity index is 0.000000521. The molecule has 1 saturated heterocycles. The molecule has 2 heterocycles. The predicted octanol–water partition coefficient (Wildman–Crippen LogP) is 4.89. The van der Waals surface area contributed by atoms with Gasteiger partial charge in [0.15, 0.2) is 0 Å². The van der Waals surface area contributed by atoms with E-state index in [1.165, 1.54) is 0 Å². The number of ether oxygens (including phenoxy) is 1. The highest BCUT2D eigenvalue weighted by atomic mass is 19.4. The molecule has 5 N–H and O–H groups in total. The Labute approximate surface area is 281 Å². The number of amides is 2. The molecule has 1 unspecified atom stereocenters. The van der Waals surface area contributed by atoms with Crippen molar-refractivity contribution in [3.63, 3.8) is 0 Å². The number of nitrogens with one attached hydrogen (secondary N) is 2. The van der Waals surface area contributed by atoms with Gasteiger partial charge in [0.05, 0.1) is 17.5 Å². The van der Waals surface area contributed by atoms with Crippen LogP contribution in [0.2, 0.25) is 0 Å². The maximum absolute atomic E-state index is 13.0.